The minimum absolute atomic E-state index is 0.0158. The van der Waals surface area contributed by atoms with E-state index in [1.54, 1.807) is 12.1 Å². The molecule has 1 aliphatic rings. The predicted molar refractivity (Wildman–Crippen MR) is 81.8 cm³/mol. The van der Waals surface area contributed by atoms with E-state index in [9.17, 15) is 9.59 Å². The van der Waals surface area contributed by atoms with E-state index in [4.69, 9.17) is 5.11 Å². The van der Waals surface area contributed by atoms with Crippen LogP contribution in [0.2, 0.25) is 0 Å². The number of rotatable bonds is 5. The van der Waals surface area contributed by atoms with Gasteiger partial charge in [-0.05, 0) is 44.4 Å². The second kappa shape index (κ2) is 6.16. The number of carboxylic acid groups (broad SMARTS) is 1. The number of anilines is 1. The van der Waals surface area contributed by atoms with Crippen LogP contribution in [0.1, 0.15) is 43.1 Å². The summed E-state index contributed by atoms with van der Waals surface area (Å²) in [6.45, 7) is 6.61. The lowest BCUT2D eigenvalue weighted by molar-refractivity contribution is -0.122. The molecular weight excluding hydrogens is 268 g/mol. The van der Waals surface area contributed by atoms with Crippen LogP contribution in [-0.4, -0.2) is 35.6 Å². The van der Waals surface area contributed by atoms with Crippen LogP contribution in [0, 0.1) is 0 Å². The van der Waals surface area contributed by atoms with E-state index in [2.05, 4.69) is 5.32 Å². The number of fused-ring (bicyclic) bond motifs is 1. The van der Waals surface area contributed by atoms with Crippen molar-refractivity contribution in [2.75, 3.05) is 11.4 Å². The highest BCUT2D eigenvalue weighted by atomic mass is 16.4. The van der Waals surface area contributed by atoms with Gasteiger partial charge in [0.05, 0.1) is 5.56 Å². The molecule has 21 heavy (non-hydrogen) atoms. The van der Waals surface area contributed by atoms with Crippen molar-refractivity contribution in [2.45, 2.75) is 45.7 Å². The van der Waals surface area contributed by atoms with Crippen molar-refractivity contribution in [2.24, 2.45) is 0 Å². The van der Waals surface area contributed by atoms with Crippen LogP contribution in [0.3, 0.4) is 0 Å². The number of carbonyl (C=O) groups excluding carboxylic acids is 1. The Morgan fingerprint density at radius 3 is 2.71 bits per heavy atom. The van der Waals surface area contributed by atoms with Crippen LogP contribution in [0.25, 0.3) is 0 Å². The Kier molecular flexibility index (Phi) is 4.50. The van der Waals surface area contributed by atoms with E-state index in [1.165, 1.54) is 0 Å². The molecule has 2 rings (SSSR count). The topological polar surface area (TPSA) is 69.6 Å². The summed E-state index contributed by atoms with van der Waals surface area (Å²) in [7, 11) is 0. The van der Waals surface area contributed by atoms with Gasteiger partial charge < -0.3 is 15.3 Å². The molecule has 1 aromatic carbocycles. The molecule has 5 heteroatoms. The third-order valence-electron chi connectivity index (χ3n) is 4.11. The molecule has 0 radical (unpaired) electrons. The summed E-state index contributed by atoms with van der Waals surface area (Å²) < 4.78 is 0. The first-order chi connectivity index (χ1) is 9.93. The summed E-state index contributed by atoms with van der Waals surface area (Å²) in [6.07, 6.45) is 1.73. The van der Waals surface area contributed by atoms with Gasteiger partial charge in [-0.15, -0.1) is 0 Å². The number of aromatic carboxylic acids is 1. The maximum atomic E-state index is 12.3. The largest absolute Gasteiger partial charge is 0.478 e. The zero-order chi connectivity index (χ0) is 15.6. The van der Waals surface area contributed by atoms with Crippen LogP contribution >= 0.6 is 0 Å². The Morgan fingerprint density at radius 1 is 1.38 bits per heavy atom. The highest BCUT2D eigenvalue weighted by molar-refractivity contribution is 5.91. The average Bonchev–Trinajstić information content (AvgIpc) is 2.88. The minimum Gasteiger partial charge on any atom is -0.478 e. The smallest absolute Gasteiger partial charge is 0.335 e. The lowest BCUT2D eigenvalue weighted by Crippen LogP contribution is -2.47. The second-order valence-electron chi connectivity index (χ2n) is 5.59. The summed E-state index contributed by atoms with van der Waals surface area (Å²) in [5.74, 6) is -0.959. The normalized spacial score (nSPS) is 16.2. The molecular formula is C16H22N2O3. The van der Waals surface area contributed by atoms with E-state index in [0.717, 1.165) is 30.6 Å². The molecule has 1 aromatic rings. The number of carbonyl (C=O) groups is 2. The maximum Gasteiger partial charge on any atom is 0.335 e. The van der Waals surface area contributed by atoms with Gasteiger partial charge in [-0.25, -0.2) is 4.79 Å². The lowest BCUT2D eigenvalue weighted by Gasteiger charge is -2.27. The molecule has 0 saturated carbocycles. The molecule has 0 bridgehead atoms. The highest BCUT2D eigenvalue weighted by Gasteiger charge is 2.28. The standard InChI is InChI=1S/C16H22N2O3/c1-4-10(2)17-15(19)11(3)18-8-7-12-5-6-13(16(20)21)9-14(12)18/h5-6,9-11H,4,7-8H2,1-3H3,(H,17,19)(H,20,21). The first-order valence-electron chi connectivity index (χ1n) is 7.37. The molecule has 5 nitrogen and oxygen atoms in total. The number of hydrogen-bond donors (Lipinski definition) is 2. The van der Waals surface area contributed by atoms with Crippen molar-refractivity contribution in [1.82, 2.24) is 5.32 Å². The number of amides is 1. The number of nitrogens with zero attached hydrogens (tertiary/aromatic N) is 1. The molecule has 0 spiro atoms. The molecule has 1 amide bonds. The fourth-order valence-corrected chi connectivity index (χ4v) is 2.55. The fraction of sp³-hybridized carbons (Fsp3) is 0.500. The van der Waals surface area contributed by atoms with Crippen molar-refractivity contribution in [1.29, 1.82) is 0 Å². The first kappa shape index (κ1) is 15.4. The Hall–Kier alpha value is -2.04. The fourth-order valence-electron chi connectivity index (χ4n) is 2.55. The van der Waals surface area contributed by atoms with Gasteiger partial charge in [-0.1, -0.05) is 13.0 Å². The molecule has 0 saturated heterocycles. The van der Waals surface area contributed by atoms with Crippen LogP contribution in [0.15, 0.2) is 18.2 Å². The first-order valence-corrected chi connectivity index (χ1v) is 7.37. The third-order valence-corrected chi connectivity index (χ3v) is 4.11. The Balaban J connectivity index is 2.19. The van der Waals surface area contributed by atoms with Crippen molar-refractivity contribution in [3.05, 3.63) is 29.3 Å². The second-order valence-corrected chi connectivity index (χ2v) is 5.59. The Bertz CT molecular complexity index is 556. The molecule has 0 fully saturated rings. The average molecular weight is 290 g/mol. The number of benzene rings is 1. The van der Waals surface area contributed by atoms with Crippen molar-refractivity contribution in [3.63, 3.8) is 0 Å². The van der Waals surface area contributed by atoms with Crippen LogP contribution in [0.5, 0.6) is 0 Å². The Morgan fingerprint density at radius 2 is 2.10 bits per heavy atom. The summed E-state index contributed by atoms with van der Waals surface area (Å²) in [4.78, 5) is 25.3. The van der Waals surface area contributed by atoms with Crippen LogP contribution < -0.4 is 10.2 Å². The van der Waals surface area contributed by atoms with E-state index in [0.29, 0.717) is 0 Å². The van der Waals surface area contributed by atoms with Gasteiger partial charge in [0.25, 0.3) is 0 Å². The SMILES string of the molecule is CCC(C)NC(=O)C(C)N1CCc2ccc(C(=O)O)cc21. The zero-order valence-corrected chi connectivity index (χ0v) is 12.7. The molecule has 1 aliphatic heterocycles. The van der Waals surface area contributed by atoms with E-state index >= 15 is 0 Å². The molecule has 114 valence electrons. The van der Waals surface area contributed by atoms with Crippen LogP contribution in [-0.2, 0) is 11.2 Å². The minimum atomic E-state index is -0.943. The molecule has 0 aliphatic carbocycles. The van der Waals surface area contributed by atoms with E-state index in [-0.39, 0.29) is 23.6 Å². The summed E-state index contributed by atoms with van der Waals surface area (Å²) in [5.41, 5.74) is 2.22. The summed E-state index contributed by atoms with van der Waals surface area (Å²) >= 11 is 0. The monoisotopic (exact) mass is 290 g/mol. The number of hydrogen-bond acceptors (Lipinski definition) is 3. The van der Waals surface area contributed by atoms with Crippen LogP contribution in [0.4, 0.5) is 5.69 Å². The summed E-state index contributed by atoms with van der Waals surface area (Å²) in [6, 6.07) is 4.97. The zero-order valence-electron chi connectivity index (χ0n) is 12.7. The molecule has 2 atom stereocenters. The molecule has 1 heterocycles. The predicted octanol–water partition coefficient (Wildman–Crippen LogP) is 2.05. The highest BCUT2D eigenvalue weighted by Crippen LogP contribution is 2.30. The van der Waals surface area contributed by atoms with Gasteiger partial charge in [0, 0.05) is 18.3 Å². The Labute approximate surface area is 125 Å². The van der Waals surface area contributed by atoms with E-state index < -0.39 is 5.97 Å². The van der Waals surface area contributed by atoms with Gasteiger partial charge in [-0.3, -0.25) is 4.79 Å². The van der Waals surface area contributed by atoms with Gasteiger partial charge in [-0.2, -0.15) is 0 Å². The number of carboxylic acids is 1. The summed E-state index contributed by atoms with van der Waals surface area (Å²) in [5, 5.41) is 12.1. The van der Waals surface area contributed by atoms with Crippen molar-refractivity contribution >= 4 is 17.6 Å². The molecule has 2 unspecified atom stereocenters. The van der Waals surface area contributed by atoms with Gasteiger partial charge in [0.1, 0.15) is 6.04 Å². The van der Waals surface area contributed by atoms with Gasteiger partial charge >= 0.3 is 5.97 Å². The molecule has 0 aromatic heterocycles. The maximum absolute atomic E-state index is 12.3. The third kappa shape index (κ3) is 3.17. The van der Waals surface area contributed by atoms with E-state index in [1.807, 2.05) is 31.7 Å². The van der Waals surface area contributed by atoms with Gasteiger partial charge in [0.2, 0.25) is 5.91 Å². The van der Waals surface area contributed by atoms with Crippen molar-refractivity contribution < 1.29 is 14.7 Å². The lowest BCUT2D eigenvalue weighted by atomic mass is 10.1. The van der Waals surface area contributed by atoms with Gasteiger partial charge in [0.15, 0.2) is 0 Å². The number of nitrogens with one attached hydrogen (secondary N) is 1. The van der Waals surface area contributed by atoms with Crippen molar-refractivity contribution in [3.8, 4) is 0 Å². The quantitative estimate of drug-likeness (QED) is 0.871. The molecule has 2 N–H and O–H groups in total.